The molecule has 1 rings (SSSR count). The van der Waals surface area contributed by atoms with Crippen molar-refractivity contribution in [1.29, 1.82) is 0 Å². The first-order valence-corrected chi connectivity index (χ1v) is 11.8. The molecule has 0 aromatic heterocycles. The van der Waals surface area contributed by atoms with E-state index in [9.17, 15) is 9.59 Å². The van der Waals surface area contributed by atoms with E-state index in [1.807, 2.05) is 0 Å². The van der Waals surface area contributed by atoms with Crippen molar-refractivity contribution in [2.75, 3.05) is 11.5 Å². The molecule has 0 radical (unpaired) electrons. The maximum atomic E-state index is 10.5. The number of rotatable bonds is 3. The van der Waals surface area contributed by atoms with E-state index < -0.39 is 23.8 Å². The fraction of sp³-hybridized carbons (Fsp3) is 0.500. The molecule has 0 spiro atoms. The predicted molar refractivity (Wildman–Crippen MR) is 44.4 cm³/mol. The Morgan fingerprint density at radius 2 is 2.64 bits per heavy atom. The normalized spacial score (nSPS) is 18.4. The van der Waals surface area contributed by atoms with Crippen LogP contribution in [0.1, 0.15) is 0 Å². The Morgan fingerprint density at radius 1 is 1.91 bits per heavy atom. The number of carboxylic acids is 1. The third-order valence-electron chi connectivity index (χ3n) is 0.758. The summed E-state index contributed by atoms with van der Waals surface area (Å²) in [6.07, 6.45) is 0. The number of carbonyl (C=O) groups excluding carboxylic acids is 1. The van der Waals surface area contributed by atoms with Gasteiger partial charge in [-0.05, 0) is 0 Å². The fourth-order valence-corrected chi connectivity index (χ4v) is 11.9. The van der Waals surface area contributed by atoms with Crippen LogP contribution in [0.15, 0.2) is 0 Å². The monoisotopic (exact) mass is 302 g/mol. The molecular weight excluding hydrogens is 298 g/mol. The molecule has 0 saturated carbocycles. The van der Waals surface area contributed by atoms with Crippen LogP contribution in [0.5, 0.6) is 0 Å². The molecule has 0 amide bonds. The summed E-state index contributed by atoms with van der Waals surface area (Å²) in [4.78, 5) is 20.6. The van der Waals surface area contributed by atoms with Gasteiger partial charge in [-0.25, -0.2) is 0 Å². The van der Waals surface area contributed by atoms with Crippen molar-refractivity contribution in [3.05, 3.63) is 0 Å². The van der Waals surface area contributed by atoms with Gasteiger partial charge in [0.25, 0.3) is 0 Å². The SMILES string of the molecule is O=C(O)C[S][Sb]1[O]C(=O)C[S]1. The van der Waals surface area contributed by atoms with Gasteiger partial charge in [0.05, 0.1) is 0 Å². The van der Waals surface area contributed by atoms with Crippen LogP contribution in [0.3, 0.4) is 0 Å². The van der Waals surface area contributed by atoms with Crippen LogP contribution in [-0.2, 0) is 12.6 Å². The first-order chi connectivity index (χ1) is 5.18. The van der Waals surface area contributed by atoms with Crippen LogP contribution in [0.4, 0.5) is 0 Å². The Balaban J connectivity index is 2.18. The van der Waals surface area contributed by atoms with Gasteiger partial charge in [-0.3, -0.25) is 0 Å². The molecular formula is C4H5O4S2Sb. The van der Waals surface area contributed by atoms with E-state index in [2.05, 4.69) is 0 Å². The van der Waals surface area contributed by atoms with E-state index in [1.54, 1.807) is 0 Å². The maximum absolute atomic E-state index is 10.5. The minimum absolute atomic E-state index is 0.0586. The van der Waals surface area contributed by atoms with Crippen molar-refractivity contribution in [3.63, 3.8) is 0 Å². The van der Waals surface area contributed by atoms with Gasteiger partial charge < -0.3 is 0 Å². The van der Waals surface area contributed by atoms with Gasteiger partial charge in [0.2, 0.25) is 0 Å². The van der Waals surface area contributed by atoms with Crippen LogP contribution < -0.4 is 0 Å². The second kappa shape index (κ2) is 4.48. The Bertz CT molecular complexity index is 185. The summed E-state index contributed by atoms with van der Waals surface area (Å²) < 4.78 is 4.92. The van der Waals surface area contributed by atoms with Gasteiger partial charge in [0, 0.05) is 0 Å². The first-order valence-electron chi connectivity index (χ1n) is 2.67. The third-order valence-corrected chi connectivity index (χ3v) is 14.0. The van der Waals surface area contributed by atoms with E-state index in [0.29, 0.717) is 5.75 Å². The Labute approximate surface area is 76.4 Å². The van der Waals surface area contributed by atoms with E-state index >= 15 is 0 Å². The molecule has 62 valence electrons. The number of aliphatic carboxylic acids is 1. The molecule has 0 atom stereocenters. The Hall–Kier alpha value is 0.458. The van der Waals surface area contributed by atoms with E-state index in [1.165, 1.54) is 17.7 Å². The fourth-order valence-electron chi connectivity index (χ4n) is 0.413. The van der Waals surface area contributed by atoms with Crippen molar-refractivity contribution < 1.29 is 17.7 Å². The summed E-state index contributed by atoms with van der Waals surface area (Å²) in [6.45, 7) is 0. The molecule has 1 aliphatic rings. The third kappa shape index (κ3) is 3.58. The van der Waals surface area contributed by atoms with Crippen molar-refractivity contribution >= 4 is 47.5 Å². The molecule has 1 fully saturated rings. The van der Waals surface area contributed by atoms with E-state index in [4.69, 9.17) is 8.12 Å². The summed E-state index contributed by atoms with van der Waals surface area (Å²) in [5, 5.41) is 8.30. The molecule has 11 heavy (non-hydrogen) atoms. The standard InChI is InChI=1S/2C2H4O2S.Sb/c2*3-2(4)1-5;/h2*5H,1H2,(H,3,4);/q;;+3/p-3. The van der Waals surface area contributed by atoms with Crippen LogP contribution in [0.25, 0.3) is 0 Å². The van der Waals surface area contributed by atoms with Gasteiger partial charge in [0.15, 0.2) is 0 Å². The molecule has 0 aliphatic carbocycles. The average molecular weight is 303 g/mol. The van der Waals surface area contributed by atoms with Crippen molar-refractivity contribution in [3.8, 4) is 0 Å². The molecule has 0 unspecified atom stereocenters. The van der Waals surface area contributed by atoms with E-state index in [-0.39, 0.29) is 11.7 Å². The Morgan fingerprint density at radius 3 is 3.09 bits per heavy atom. The average Bonchev–Trinajstić information content (AvgIpc) is 2.31. The molecule has 1 N–H and O–H groups in total. The summed E-state index contributed by atoms with van der Waals surface area (Å²) in [5.74, 6) is -0.558. The summed E-state index contributed by atoms with van der Waals surface area (Å²) in [5.41, 5.74) is 0. The molecule has 1 heterocycles. The molecule has 4 nitrogen and oxygen atoms in total. The van der Waals surface area contributed by atoms with Crippen LogP contribution in [0, 0.1) is 0 Å². The zero-order chi connectivity index (χ0) is 8.27. The van der Waals surface area contributed by atoms with E-state index in [0.717, 1.165) is 0 Å². The number of hydrogen-bond donors (Lipinski definition) is 1. The molecule has 0 aromatic carbocycles. The number of carbonyl (C=O) groups is 2. The second-order valence-corrected chi connectivity index (χ2v) is 14.9. The van der Waals surface area contributed by atoms with Crippen LogP contribution >= 0.6 is 17.7 Å². The van der Waals surface area contributed by atoms with Gasteiger partial charge in [0.1, 0.15) is 0 Å². The van der Waals surface area contributed by atoms with Gasteiger partial charge in [-0.15, -0.1) is 0 Å². The van der Waals surface area contributed by atoms with Crippen LogP contribution in [-0.4, -0.2) is 46.4 Å². The molecule has 1 aliphatic heterocycles. The zero-order valence-electron chi connectivity index (χ0n) is 5.35. The molecule has 0 bridgehead atoms. The second-order valence-electron chi connectivity index (χ2n) is 1.63. The minimum atomic E-state index is -2.00. The summed E-state index contributed by atoms with van der Waals surface area (Å²) >= 11 is -2.00. The number of hydrogen-bond acceptors (Lipinski definition) is 5. The van der Waals surface area contributed by atoms with Crippen LogP contribution in [0.2, 0.25) is 0 Å². The first kappa shape index (κ1) is 9.55. The predicted octanol–water partition coefficient (Wildman–Crippen LogP) is 0.0791. The van der Waals surface area contributed by atoms with Gasteiger partial charge in [-0.1, -0.05) is 0 Å². The van der Waals surface area contributed by atoms with Gasteiger partial charge in [-0.2, -0.15) is 0 Å². The van der Waals surface area contributed by atoms with Crippen molar-refractivity contribution in [2.24, 2.45) is 0 Å². The van der Waals surface area contributed by atoms with Gasteiger partial charge >= 0.3 is 76.7 Å². The topological polar surface area (TPSA) is 63.6 Å². The number of carboxylic acid groups (broad SMARTS) is 1. The van der Waals surface area contributed by atoms with Crippen molar-refractivity contribution in [2.45, 2.75) is 0 Å². The molecule has 0 aromatic rings. The summed E-state index contributed by atoms with van der Waals surface area (Å²) in [6, 6.07) is 0. The zero-order valence-corrected chi connectivity index (χ0v) is 9.54. The molecule has 7 heteroatoms. The quantitative estimate of drug-likeness (QED) is 0.745. The summed E-state index contributed by atoms with van der Waals surface area (Å²) in [7, 11) is 2.80. The Kier molecular flexibility index (Phi) is 3.88. The van der Waals surface area contributed by atoms with Crippen molar-refractivity contribution in [1.82, 2.24) is 0 Å². The molecule has 1 saturated heterocycles.